The molecule has 0 saturated carbocycles. The van der Waals surface area contributed by atoms with E-state index in [-0.39, 0.29) is 0 Å². The second-order valence-electron chi connectivity index (χ2n) is 11.9. The van der Waals surface area contributed by atoms with Crippen LogP contribution in [0.3, 0.4) is 0 Å². The highest BCUT2D eigenvalue weighted by molar-refractivity contribution is 7.23. The Labute approximate surface area is 288 Å². The van der Waals surface area contributed by atoms with Gasteiger partial charge in [-0.05, 0) is 70.8 Å². The van der Waals surface area contributed by atoms with E-state index in [9.17, 15) is 0 Å². The summed E-state index contributed by atoms with van der Waals surface area (Å²) < 4.78 is 1.17. The number of hydrogen-bond acceptors (Lipinski definition) is 5. The lowest BCUT2D eigenvalue weighted by atomic mass is 9.93. The van der Waals surface area contributed by atoms with E-state index in [1.54, 1.807) is 12.4 Å². The van der Waals surface area contributed by atoms with Gasteiger partial charge in [-0.15, -0.1) is 11.3 Å². The third-order valence-corrected chi connectivity index (χ3v) is 10.0. The number of fused-ring (bicyclic) bond motifs is 3. The van der Waals surface area contributed by atoms with Crippen molar-refractivity contribution in [2.75, 3.05) is 0 Å². The summed E-state index contributed by atoms with van der Waals surface area (Å²) >= 11 is 1.82. The van der Waals surface area contributed by atoms with Crippen molar-refractivity contribution in [2.45, 2.75) is 0 Å². The third kappa shape index (κ3) is 5.36. The summed E-state index contributed by atoms with van der Waals surface area (Å²) in [6.45, 7) is 0. The van der Waals surface area contributed by atoms with Crippen LogP contribution in [0, 0.1) is 0 Å². The summed E-state index contributed by atoms with van der Waals surface area (Å²) in [5.41, 5.74) is 12.0. The van der Waals surface area contributed by atoms with Crippen molar-refractivity contribution in [1.29, 1.82) is 0 Å². The van der Waals surface area contributed by atoms with Crippen LogP contribution < -0.4 is 0 Å². The Morgan fingerprint density at radius 3 is 1.57 bits per heavy atom. The average molecular weight is 645 g/mol. The molecule has 0 atom stereocenters. The summed E-state index contributed by atoms with van der Waals surface area (Å²) in [6, 6.07) is 54.7. The van der Waals surface area contributed by atoms with E-state index in [0.29, 0.717) is 0 Å². The molecule has 0 amide bonds. The largest absolute Gasteiger partial charge is 0.255 e. The van der Waals surface area contributed by atoms with Crippen LogP contribution in [0.2, 0.25) is 0 Å². The number of pyridine rings is 4. The van der Waals surface area contributed by atoms with Crippen molar-refractivity contribution in [3.05, 3.63) is 170 Å². The van der Waals surface area contributed by atoms with Crippen LogP contribution in [-0.2, 0) is 0 Å². The Morgan fingerprint density at radius 1 is 0.408 bits per heavy atom. The van der Waals surface area contributed by atoms with Gasteiger partial charge >= 0.3 is 0 Å². The average Bonchev–Trinajstić information content (AvgIpc) is 3.60. The van der Waals surface area contributed by atoms with Gasteiger partial charge in [0, 0.05) is 39.2 Å². The highest BCUT2D eigenvalue weighted by Crippen LogP contribution is 2.50. The van der Waals surface area contributed by atoms with Gasteiger partial charge < -0.3 is 0 Å². The molecule has 0 aliphatic carbocycles. The number of nitrogens with zero attached hydrogens (tertiary/aromatic N) is 4. The van der Waals surface area contributed by atoms with Gasteiger partial charge in [-0.2, -0.15) is 0 Å². The molecule has 5 heterocycles. The van der Waals surface area contributed by atoms with E-state index in [1.165, 1.54) is 31.7 Å². The molecule has 9 rings (SSSR count). The maximum absolute atomic E-state index is 5.36. The van der Waals surface area contributed by atoms with E-state index >= 15 is 0 Å². The van der Waals surface area contributed by atoms with Gasteiger partial charge in [-0.1, -0.05) is 109 Å². The van der Waals surface area contributed by atoms with E-state index in [4.69, 9.17) is 9.97 Å². The van der Waals surface area contributed by atoms with Gasteiger partial charge in [0.15, 0.2) is 0 Å². The molecule has 0 N–H and O–H groups in total. The Bertz CT molecular complexity index is 2510. The molecule has 230 valence electrons. The van der Waals surface area contributed by atoms with Crippen LogP contribution in [0.15, 0.2) is 170 Å². The standard InChI is InChI=1S/C44H28N4S/c1-4-14-29(15-5-1)40-41-34-26-32(33-27-38(36-20-10-12-24-45-36)47-39(28-33)37-21-11-13-25-46-37)22-23-35(34)48-42(30-16-6-2-7-17-30)44(41)49-43(40)31-18-8-3-9-19-31/h1-28H. The zero-order valence-electron chi connectivity index (χ0n) is 26.4. The number of thiophene rings is 1. The summed E-state index contributed by atoms with van der Waals surface area (Å²) in [6.07, 6.45) is 3.61. The lowest BCUT2D eigenvalue weighted by molar-refractivity contribution is 1.22. The lowest BCUT2D eigenvalue weighted by Gasteiger charge is -2.13. The number of benzene rings is 4. The van der Waals surface area contributed by atoms with Gasteiger partial charge in [-0.3, -0.25) is 9.97 Å². The summed E-state index contributed by atoms with van der Waals surface area (Å²) in [5.74, 6) is 0. The fourth-order valence-electron chi connectivity index (χ4n) is 6.49. The van der Waals surface area contributed by atoms with E-state index < -0.39 is 0 Å². The fraction of sp³-hybridized carbons (Fsp3) is 0. The van der Waals surface area contributed by atoms with Crippen LogP contribution in [0.4, 0.5) is 0 Å². The quantitative estimate of drug-likeness (QED) is 0.181. The molecule has 0 radical (unpaired) electrons. The molecular formula is C44H28N4S. The van der Waals surface area contributed by atoms with Crippen molar-refractivity contribution in [3.63, 3.8) is 0 Å². The van der Waals surface area contributed by atoms with Gasteiger partial charge in [0.05, 0.1) is 38.7 Å². The number of rotatable bonds is 6. The first kappa shape index (κ1) is 28.9. The minimum absolute atomic E-state index is 0.799. The topological polar surface area (TPSA) is 51.6 Å². The van der Waals surface area contributed by atoms with Gasteiger partial charge in [0.2, 0.25) is 0 Å². The van der Waals surface area contributed by atoms with E-state index in [1.807, 2.05) is 47.7 Å². The van der Waals surface area contributed by atoms with E-state index in [2.05, 4.69) is 131 Å². The molecule has 0 fully saturated rings. The molecule has 5 heteroatoms. The first-order valence-corrected chi connectivity index (χ1v) is 17.0. The molecule has 0 bridgehead atoms. The maximum atomic E-state index is 5.36. The van der Waals surface area contributed by atoms with Crippen LogP contribution in [0.5, 0.6) is 0 Å². The molecule has 49 heavy (non-hydrogen) atoms. The molecule has 0 aliphatic heterocycles. The predicted octanol–water partition coefficient (Wildman–Crippen LogP) is 11.6. The highest BCUT2D eigenvalue weighted by atomic mass is 32.1. The second-order valence-corrected chi connectivity index (χ2v) is 12.9. The van der Waals surface area contributed by atoms with Crippen molar-refractivity contribution in [2.24, 2.45) is 0 Å². The molecule has 0 spiro atoms. The van der Waals surface area contributed by atoms with Gasteiger partial charge in [0.1, 0.15) is 0 Å². The summed E-state index contributed by atoms with van der Waals surface area (Å²) in [7, 11) is 0. The molecular weight excluding hydrogens is 617 g/mol. The van der Waals surface area contributed by atoms with Crippen molar-refractivity contribution >= 4 is 32.3 Å². The van der Waals surface area contributed by atoms with Crippen molar-refractivity contribution in [1.82, 2.24) is 19.9 Å². The molecule has 0 aliphatic rings. The van der Waals surface area contributed by atoms with Gasteiger partial charge in [-0.25, -0.2) is 9.97 Å². The Hall–Kier alpha value is -6.30. The molecule has 5 aromatic heterocycles. The number of aromatic nitrogens is 4. The van der Waals surface area contributed by atoms with Crippen LogP contribution in [0.1, 0.15) is 0 Å². The number of hydrogen-bond donors (Lipinski definition) is 0. The first-order valence-electron chi connectivity index (χ1n) is 16.2. The summed E-state index contributed by atoms with van der Waals surface area (Å²) in [5, 5.41) is 2.32. The molecule has 0 unspecified atom stereocenters. The zero-order chi connectivity index (χ0) is 32.6. The minimum atomic E-state index is 0.799. The monoisotopic (exact) mass is 644 g/mol. The molecule has 4 aromatic carbocycles. The zero-order valence-corrected chi connectivity index (χ0v) is 27.2. The Morgan fingerprint density at radius 2 is 0.980 bits per heavy atom. The normalized spacial score (nSPS) is 11.3. The fourth-order valence-corrected chi connectivity index (χ4v) is 7.85. The Kier molecular flexibility index (Phi) is 7.30. The van der Waals surface area contributed by atoms with Crippen LogP contribution in [0.25, 0.3) is 87.7 Å². The maximum Gasteiger partial charge on any atom is 0.0900 e. The Balaban J connectivity index is 1.36. The molecule has 4 nitrogen and oxygen atoms in total. The predicted molar refractivity (Wildman–Crippen MR) is 203 cm³/mol. The minimum Gasteiger partial charge on any atom is -0.255 e. The first-order chi connectivity index (χ1) is 24.3. The van der Waals surface area contributed by atoms with Crippen molar-refractivity contribution in [3.8, 4) is 66.7 Å². The van der Waals surface area contributed by atoms with Crippen LogP contribution in [-0.4, -0.2) is 19.9 Å². The lowest BCUT2D eigenvalue weighted by Crippen LogP contribution is -1.94. The second kappa shape index (κ2) is 12.4. The van der Waals surface area contributed by atoms with E-state index in [0.717, 1.165) is 56.1 Å². The SMILES string of the molecule is c1ccc(-c2sc3c(-c4ccccc4)nc4ccc(-c5cc(-c6ccccn6)nc(-c6ccccn6)c5)cc4c3c2-c2ccccc2)cc1. The summed E-state index contributed by atoms with van der Waals surface area (Å²) in [4.78, 5) is 20.9. The smallest absolute Gasteiger partial charge is 0.0900 e. The third-order valence-electron chi connectivity index (χ3n) is 8.78. The molecule has 0 saturated heterocycles. The molecule has 9 aromatic rings. The highest BCUT2D eigenvalue weighted by Gasteiger charge is 2.22. The van der Waals surface area contributed by atoms with Crippen molar-refractivity contribution < 1.29 is 0 Å². The van der Waals surface area contributed by atoms with Gasteiger partial charge in [0.25, 0.3) is 0 Å². The van der Waals surface area contributed by atoms with Crippen LogP contribution >= 0.6 is 11.3 Å².